The molecule has 0 aromatic rings. The van der Waals surface area contributed by atoms with E-state index in [0.717, 1.165) is 54.8 Å². The van der Waals surface area contributed by atoms with Gasteiger partial charge in [-0.3, -0.25) is 4.79 Å². The lowest BCUT2D eigenvalue weighted by atomic mass is 9.47. The Hall–Kier alpha value is -0.500. The van der Waals surface area contributed by atoms with Crippen molar-refractivity contribution >= 4 is 17.6 Å². The average Bonchev–Trinajstić information content (AvgIpc) is 3.11. The van der Waals surface area contributed by atoms with Crippen molar-refractivity contribution in [3.63, 3.8) is 0 Å². The largest absolute Gasteiger partial charge is 0.461 e. The fraction of sp³-hybridized carbons (Fsp3) is 0.900. The van der Waals surface area contributed by atoms with Gasteiger partial charge in [0.1, 0.15) is 11.5 Å². The molecule has 33 heavy (non-hydrogen) atoms. The van der Waals surface area contributed by atoms with Gasteiger partial charge in [0, 0.05) is 6.42 Å². The first-order valence-electron chi connectivity index (χ1n) is 14.1. The van der Waals surface area contributed by atoms with E-state index in [1.54, 1.807) is 12.5 Å². The van der Waals surface area contributed by atoms with Crippen molar-refractivity contribution in [1.29, 1.82) is 0 Å². The summed E-state index contributed by atoms with van der Waals surface area (Å²) in [6, 6.07) is 0. The Balaban J connectivity index is 1.45. The molecular weight excluding hydrogens is 428 g/mol. The highest BCUT2D eigenvalue weighted by atomic mass is 35.5. The second kappa shape index (κ2) is 9.87. The molecule has 0 aliphatic heterocycles. The molecule has 188 valence electrons. The Morgan fingerprint density at radius 1 is 1.06 bits per heavy atom. The van der Waals surface area contributed by atoms with Crippen molar-refractivity contribution in [2.24, 2.45) is 46.3 Å². The SMILES string of the molecule is CC(C)CCC[C@@H](C)[C@H]1CC[C@H]2[C@@H]3CC=C4C[C@@H](OC(=O)C(C)Cl)CC[C@]4(C)[C@H]3CC[C@]12C. The van der Waals surface area contributed by atoms with Gasteiger partial charge in [-0.2, -0.15) is 0 Å². The topological polar surface area (TPSA) is 26.3 Å². The molecule has 0 bridgehead atoms. The van der Waals surface area contributed by atoms with Gasteiger partial charge in [-0.1, -0.05) is 65.5 Å². The van der Waals surface area contributed by atoms with Crippen LogP contribution in [0.5, 0.6) is 0 Å². The highest BCUT2D eigenvalue weighted by Gasteiger charge is 2.59. The smallest absolute Gasteiger partial charge is 0.324 e. The van der Waals surface area contributed by atoms with Crippen molar-refractivity contribution in [2.45, 2.75) is 124 Å². The Morgan fingerprint density at radius 2 is 1.82 bits per heavy atom. The molecule has 3 saturated carbocycles. The molecule has 0 aromatic heterocycles. The van der Waals surface area contributed by atoms with Crippen LogP contribution in [0.3, 0.4) is 0 Å². The molecule has 4 aliphatic rings. The lowest BCUT2D eigenvalue weighted by molar-refractivity contribution is -0.150. The van der Waals surface area contributed by atoms with Crippen LogP contribution in [0.15, 0.2) is 11.6 Å². The van der Waals surface area contributed by atoms with E-state index >= 15 is 0 Å². The number of allylic oxidation sites excluding steroid dienone is 1. The number of alkyl halides is 1. The van der Waals surface area contributed by atoms with Gasteiger partial charge in [0.05, 0.1) is 0 Å². The first kappa shape index (κ1) is 25.6. The summed E-state index contributed by atoms with van der Waals surface area (Å²) in [5.41, 5.74) is 2.43. The summed E-state index contributed by atoms with van der Waals surface area (Å²) in [5, 5.41) is -0.554. The van der Waals surface area contributed by atoms with Gasteiger partial charge in [-0.05, 0) is 98.2 Å². The zero-order chi connectivity index (χ0) is 24.0. The molecule has 3 heteroatoms. The monoisotopic (exact) mass is 476 g/mol. The number of rotatable bonds is 7. The number of carbonyl (C=O) groups excluding carboxylic acids is 1. The third kappa shape index (κ3) is 4.81. The molecule has 4 aliphatic carbocycles. The minimum atomic E-state index is -0.554. The molecule has 2 nitrogen and oxygen atoms in total. The Morgan fingerprint density at radius 3 is 2.52 bits per heavy atom. The summed E-state index contributed by atoms with van der Waals surface area (Å²) in [4.78, 5) is 12.1. The van der Waals surface area contributed by atoms with Crippen molar-refractivity contribution in [2.75, 3.05) is 0 Å². The van der Waals surface area contributed by atoms with Crippen LogP contribution in [0, 0.1) is 46.3 Å². The minimum absolute atomic E-state index is 0.0194. The molecule has 0 heterocycles. The first-order chi connectivity index (χ1) is 15.6. The Kier molecular flexibility index (Phi) is 7.65. The number of hydrogen-bond donors (Lipinski definition) is 0. The molecule has 1 unspecified atom stereocenters. The van der Waals surface area contributed by atoms with Crippen LogP contribution < -0.4 is 0 Å². The quantitative estimate of drug-likeness (QED) is 0.209. The summed E-state index contributed by atoms with van der Waals surface area (Å²) in [7, 11) is 0. The molecule has 4 rings (SSSR count). The molecule has 9 atom stereocenters. The molecular formula is C30H49ClO2. The number of esters is 1. The maximum Gasteiger partial charge on any atom is 0.324 e. The Bertz CT molecular complexity index is 742. The maximum atomic E-state index is 12.1. The summed E-state index contributed by atoms with van der Waals surface area (Å²) < 4.78 is 5.74. The van der Waals surface area contributed by atoms with Gasteiger partial charge in [0.15, 0.2) is 0 Å². The molecule has 0 N–H and O–H groups in total. The maximum absolute atomic E-state index is 12.1. The van der Waals surface area contributed by atoms with Crippen LogP contribution in [0.1, 0.15) is 112 Å². The zero-order valence-electron chi connectivity index (χ0n) is 22.2. The van der Waals surface area contributed by atoms with Crippen molar-refractivity contribution in [3.8, 4) is 0 Å². The van der Waals surface area contributed by atoms with Gasteiger partial charge < -0.3 is 4.74 Å². The molecule has 3 fully saturated rings. The lowest BCUT2D eigenvalue weighted by Crippen LogP contribution is -2.51. The van der Waals surface area contributed by atoms with E-state index in [0.29, 0.717) is 10.8 Å². The molecule has 0 radical (unpaired) electrons. The summed E-state index contributed by atoms with van der Waals surface area (Å²) in [6.07, 6.45) is 16.8. The van der Waals surface area contributed by atoms with Crippen LogP contribution in [-0.4, -0.2) is 17.5 Å². The number of carbonyl (C=O) groups is 1. The van der Waals surface area contributed by atoms with Crippen LogP contribution in [-0.2, 0) is 9.53 Å². The fourth-order valence-corrected chi connectivity index (χ4v) is 9.06. The van der Waals surface area contributed by atoms with E-state index in [4.69, 9.17) is 16.3 Å². The first-order valence-corrected chi connectivity index (χ1v) is 14.5. The number of fused-ring (bicyclic) bond motifs is 5. The highest BCUT2D eigenvalue weighted by Crippen LogP contribution is 2.67. The number of hydrogen-bond acceptors (Lipinski definition) is 2. The van der Waals surface area contributed by atoms with Crippen molar-refractivity contribution in [1.82, 2.24) is 0 Å². The van der Waals surface area contributed by atoms with Gasteiger partial charge >= 0.3 is 5.97 Å². The predicted octanol–water partition coefficient (Wildman–Crippen LogP) is 8.57. The normalized spacial score (nSPS) is 42.1. The van der Waals surface area contributed by atoms with E-state index in [9.17, 15) is 4.79 Å². The molecule has 0 amide bonds. The van der Waals surface area contributed by atoms with E-state index in [1.165, 1.54) is 51.4 Å². The van der Waals surface area contributed by atoms with E-state index in [2.05, 4.69) is 40.7 Å². The number of ether oxygens (including phenoxy) is 1. The Labute approximate surface area is 208 Å². The van der Waals surface area contributed by atoms with Crippen molar-refractivity contribution in [3.05, 3.63) is 11.6 Å². The zero-order valence-corrected chi connectivity index (χ0v) is 22.9. The van der Waals surface area contributed by atoms with Crippen LogP contribution >= 0.6 is 11.6 Å². The predicted molar refractivity (Wildman–Crippen MR) is 138 cm³/mol. The summed E-state index contributed by atoms with van der Waals surface area (Å²) in [5.74, 6) is 4.93. The van der Waals surface area contributed by atoms with Crippen LogP contribution in [0.2, 0.25) is 0 Å². The van der Waals surface area contributed by atoms with Gasteiger partial charge in [0.25, 0.3) is 0 Å². The lowest BCUT2D eigenvalue weighted by Gasteiger charge is -2.58. The van der Waals surface area contributed by atoms with Gasteiger partial charge in [-0.15, -0.1) is 11.6 Å². The molecule has 0 aromatic carbocycles. The highest BCUT2D eigenvalue weighted by molar-refractivity contribution is 6.29. The standard InChI is InChI=1S/C30H49ClO2/c1-19(2)8-7-9-20(3)25-12-13-26-24-11-10-22-18-23(33-28(32)21(4)31)14-16-29(22,5)27(24)15-17-30(25,26)6/h10,19-21,23-27H,7-9,11-18H2,1-6H3/t20-,21?,23+,24+,25-,26+,27+,29+,30-/m1/s1. The average molecular weight is 477 g/mol. The third-order valence-corrected chi connectivity index (χ3v) is 11.0. The van der Waals surface area contributed by atoms with E-state index < -0.39 is 5.38 Å². The fourth-order valence-electron chi connectivity index (χ4n) is 9.01. The molecule has 0 saturated heterocycles. The second-order valence-electron chi connectivity index (χ2n) is 13.2. The van der Waals surface area contributed by atoms with Gasteiger partial charge in [0.2, 0.25) is 0 Å². The van der Waals surface area contributed by atoms with Gasteiger partial charge in [-0.25, -0.2) is 0 Å². The summed E-state index contributed by atoms with van der Waals surface area (Å²) >= 11 is 5.95. The summed E-state index contributed by atoms with van der Waals surface area (Å²) in [6.45, 7) is 14.2. The van der Waals surface area contributed by atoms with Crippen LogP contribution in [0.4, 0.5) is 0 Å². The number of halogens is 1. The second-order valence-corrected chi connectivity index (χ2v) is 13.9. The van der Waals surface area contributed by atoms with E-state index in [-0.39, 0.29) is 12.1 Å². The molecule has 0 spiro atoms. The third-order valence-electron chi connectivity index (χ3n) is 10.9. The van der Waals surface area contributed by atoms with Crippen molar-refractivity contribution < 1.29 is 9.53 Å². The minimum Gasteiger partial charge on any atom is -0.461 e. The van der Waals surface area contributed by atoms with E-state index in [1.807, 2.05) is 0 Å². The van der Waals surface area contributed by atoms with Crippen LogP contribution in [0.25, 0.3) is 0 Å².